The lowest BCUT2D eigenvalue weighted by Gasteiger charge is -2.06. The molecule has 108 valence electrons. The highest BCUT2D eigenvalue weighted by atomic mass is 35.5. The van der Waals surface area contributed by atoms with Crippen LogP contribution in [0.1, 0.15) is 0 Å². The fourth-order valence-electron chi connectivity index (χ4n) is 1.60. The molecule has 0 atom stereocenters. The van der Waals surface area contributed by atoms with Crippen LogP contribution in [-0.2, 0) is 0 Å². The van der Waals surface area contributed by atoms with Crippen molar-refractivity contribution in [1.29, 1.82) is 0 Å². The van der Waals surface area contributed by atoms with Crippen molar-refractivity contribution in [3.8, 4) is 5.69 Å². The first-order valence-corrected chi connectivity index (χ1v) is 5.63. The van der Waals surface area contributed by atoms with E-state index in [1.165, 1.54) is 0 Å². The number of rotatable bonds is 3. The van der Waals surface area contributed by atoms with Gasteiger partial charge >= 0.3 is 5.69 Å². The number of nitro groups is 2. The van der Waals surface area contributed by atoms with Crippen molar-refractivity contribution in [2.45, 2.75) is 0 Å². The zero-order valence-electron chi connectivity index (χ0n) is 9.98. The minimum Gasteiger partial charge on any atom is -0.272 e. The number of aromatic amines is 1. The number of aromatic nitrogens is 2. The first kappa shape index (κ1) is 14.4. The van der Waals surface area contributed by atoms with Gasteiger partial charge in [0, 0.05) is 12.3 Å². The minimum absolute atomic E-state index is 0.256. The van der Waals surface area contributed by atoms with Gasteiger partial charge in [-0.3, -0.25) is 34.6 Å². The Labute approximate surface area is 119 Å². The lowest BCUT2D eigenvalue weighted by molar-refractivity contribution is -0.394. The Bertz CT molecular complexity index is 871. The van der Waals surface area contributed by atoms with E-state index in [4.69, 9.17) is 11.6 Å². The smallest absolute Gasteiger partial charge is 0.272 e. The maximum Gasteiger partial charge on any atom is 0.333 e. The van der Waals surface area contributed by atoms with Crippen LogP contribution in [0.5, 0.6) is 0 Å². The highest BCUT2D eigenvalue weighted by molar-refractivity contribution is 6.30. The van der Waals surface area contributed by atoms with Crippen LogP contribution >= 0.6 is 11.6 Å². The van der Waals surface area contributed by atoms with Gasteiger partial charge in [0.15, 0.2) is 0 Å². The molecule has 0 saturated carbocycles. The molecular weight excluding hydrogens is 308 g/mol. The molecule has 0 radical (unpaired) electrons. The number of halogens is 1. The van der Waals surface area contributed by atoms with Crippen LogP contribution in [0.2, 0.25) is 5.02 Å². The summed E-state index contributed by atoms with van der Waals surface area (Å²) in [5.74, 6) is 0. The molecule has 0 amide bonds. The number of hydrogen-bond acceptors (Lipinski definition) is 6. The zero-order chi connectivity index (χ0) is 15.7. The number of non-ortho nitro benzene ring substituents is 1. The second kappa shape index (κ2) is 5.17. The number of nitrogens with one attached hydrogen (secondary N) is 1. The second-order valence-electron chi connectivity index (χ2n) is 3.79. The van der Waals surface area contributed by atoms with Gasteiger partial charge in [-0.15, -0.1) is 0 Å². The summed E-state index contributed by atoms with van der Waals surface area (Å²) in [6.07, 6.45) is 0.900. The van der Waals surface area contributed by atoms with Gasteiger partial charge in [0.25, 0.3) is 16.9 Å². The van der Waals surface area contributed by atoms with E-state index in [1.807, 2.05) is 4.98 Å². The number of benzene rings is 1. The fraction of sp³-hybridized carbons (Fsp3) is 0. The predicted octanol–water partition coefficient (Wildman–Crippen LogP) is 0.996. The molecule has 11 heteroatoms. The van der Waals surface area contributed by atoms with Crippen LogP contribution < -0.4 is 11.2 Å². The molecule has 2 rings (SSSR count). The Balaban J connectivity index is 2.78. The number of nitrogens with zero attached hydrogens (tertiary/aromatic N) is 3. The lowest BCUT2D eigenvalue weighted by Crippen LogP contribution is -2.29. The average molecular weight is 313 g/mol. The van der Waals surface area contributed by atoms with E-state index in [0.717, 1.165) is 22.9 Å². The molecule has 0 fully saturated rings. The Hall–Kier alpha value is -3.01. The summed E-state index contributed by atoms with van der Waals surface area (Å²) >= 11 is 5.57. The molecule has 1 aromatic heterocycles. The standard InChI is InChI=1S/C10H5ClN4O6/c11-6-4-13(10(17)12-9(6)16)7-2-1-5(14(18)19)3-8(7)15(20)21/h1-4H,(H,12,16,17). The monoisotopic (exact) mass is 312 g/mol. The molecule has 0 aliphatic rings. The molecule has 0 spiro atoms. The average Bonchev–Trinajstić information content (AvgIpc) is 2.42. The van der Waals surface area contributed by atoms with Crippen molar-refractivity contribution in [3.05, 3.63) is 70.5 Å². The van der Waals surface area contributed by atoms with Gasteiger partial charge in [-0.1, -0.05) is 11.6 Å². The molecule has 0 aliphatic carbocycles. The van der Waals surface area contributed by atoms with E-state index in [1.54, 1.807) is 0 Å². The first-order chi connectivity index (χ1) is 9.81. The third-order valence-corrected chi connectivity index (χ3v) is 2.79. The molecule has 1 heterocycles. The second-order valence-corrected chi connectivity index (χ2v) is 4.20. The highest BCUT2D eigenvalue weighted by Crippen LogP contribution is 2.26. The van der Waals surface area contributed by atoms with Crippen LogP contribution in [-0.4, -0.2) is 19.4 Å². The number of nitro benzene ring substituents is 2. The largest absolute Gasteiger partial charge is 0.333 e. The van der Waals surface area contributed by atoms with Crippen molar-refractivity contribution in [2.24, 2.45) is 0 Å². The van der Waals surface area contributed by atoms with Gasteiger partial charge in [0.05, 0.1) is 15.9 Å². The molecule has 0 bridgehead atoms. The summed E-state index contributed by atoms with van der Waals surface area (Å²) in [5, 5.41) is 21.3. The normalized spacial score (nSPS) is 10.3. The summed E-state index contributed by atoms with van der Waals surface area (Å²) in [4.78, 5) is 44.7. The molecule has 1 N–H and O–H groups in total. The Morgan fingerprint density at radius 3 is 2.38 bits per heavy atom. The van der Waals surface area contributed by atoms with Crippen LogP contribution in [0, 0.1) is 20.2 Å². The summed E-state index contributed by atoms with van der Waals surface area (Å²) in [7, 11) is 0. The Morgan fingerprint density at radius 1 is 1.14 bits per heavy atom. The van der Waals surface area contributed by atoms with Gasteiger partial charge in [-0.2, -0.15) is 0 Å². The van der Waals surface area contributed by atoms with Crippen molar-refractivity contribution in [3.63, 3.8) is 0 Å². The number of hydrogen-bond donors (Lipinski definition) is 1. The zero-order valence-corrected chi connectivity index (χ0v) is 10.7. The molecule has 21 heavy (non-hydrogen) atoms. The SMILES string of the molecule is O=c1[nH]c(=O)n(-c2ccc([N+](=O)[O-])cc2[N+](=O)[O-])cc1Cl. The lowest BCUT2D eigenvalue weighted by atomic mass is 10.2. The van der Waals surface area contributed by atoms with Crippen LogP contribution in [0.25, 0.3) is 5.69 Å². The third-order valence-electron chi connectivity index (χ3n) is 2.52. The van der Waals surface area contributed by atoms with E-state index in [0.29, 0.717) is 6.07 Å². The van der Waals surface area contributed by atoms with Gasteiger partial charge in [0.2, 0.25) is 0 Å². The molecule has 10 nitrogen and oxygen atoms in total. The summed E-state index contributed by atoms with van der Waals surface area (Å²) in [5.41, 5.74) is -3.24. The van der Waals surface area contributed by atoms with E-state index >= 15 is 0 Å². The summed E-state index contributed by atoms with van der Waals surface area (Å²) < 4.78 is 0.728. The van der Waals surface area contributed by atoms with Crippen molar-refractivity contribution in [1.82, 2.24) is 9.55 Å². The molecular formula is C10H5ClN4O6. The van der Waals surface area contributed by atoms with Crippen molar-refractivity contribution < 1.29 is 9.85 Å². The van der Waals surface area contributed by atoms with Crippen molar-refractivity contribution in [2.75, 3.05) is 0 Å². The quantitative estimate of drug-likeness (QED) is 0.661. The van der Waals surface area contributed by atoms with E-state index in [-0.39, 0.29) is 10.7 Å². The first-order valence-electron chi connectivity index (χ1n) is 5.26. The van der Waals surface area contributed by atoms with Crippen molar-refractivity contribution >= 4 is 23.0 Å². The van der Waals surface area contributed by atoms with E-state index in [2.05, 4.69) is 0 Å². The fourth-order valence-corrected chi connectivity index (χ4v) is 1.75. The summed E-state index contributed by atoms with van der Waals surface area (Å²) in [6.45, 7) is 0. The van der Waals surface area contributed by atoms with Crippen LogP contribution in [0.15, 0.2) is 34.0 Å². The molecule has 0 saturated heterocycles. The molecule has 1 aromatic carbocycles. The highest BCUT2D eigenvalue weighted by Gasteiger charge is 2.21. The van der Waals surface area contributed by atoms with Gasteiger partial charge in [-0.05, 0) is 6.07 Å². The number of H-pyrrole nitrogens is 1. The maximum absolute atomic E-state index is 11.7. The Morgan fingerprint density at radius 2 is 1.81 bits per heavy atom. The topological polar surface area (TPSA) is 141 Å². The summed E-state index contributed by atoms with van der Waals surface area (Å²) in [6, 6.07) is 2.72. The third kappa shape index (κ3) is 2.65. The maximum atomic E-state index is 11.7. The predicted molar refractivity (Wildman–Crippen MR) is 71.0 cm³/mol. The molecule has 0 unspecified atom stereocenters. The van der Waals surface area contributed by atoms with Crippen LogP contribution in [0.4, 0.5) is 11.4 Å². The van der Waals surface area contributed by atoms with Gasteiger partial charge < -0.3 is 0 Å². The van der Waals surface area contributed by atoms with Gasteiger partial charge in [-0.25, -0.2) is 4.79 Å². The Kier molecular flexibility index (Phi) is 3.54. The van der Waals surface area contributed by atoms with E-state index < -0.39 is 32.5 Å². The van der Waals surface area contributed by atoms with Crippen LogP contribution in [0.3, 0.4) is 0 Å². The van der Waals surface area contributed by atoms with Gasteiger partial charge in [0.1, 0.15) is 10.7 Å². The van der Waals surface area contributed by atoms with E-state index in [9.17, 15) is 29.8 Å². The minimum atomic E-state index is -0.957. The molecule has 2 aromatic rings. The molecule has 0 aliphatic heterocycles.